The van der Waals surface area contributed by atoms with Gasteiger partial charge in [0.05, 0.1) is 0 Å². The first-order valence-electron chi connectivity index (χ1n) is 5.61. The Balaban J connectivity index is 2.12. The third-order valence-electron chi connectivity index (χ3n) is 3.33. The van der Waals surface area contributed by atoms with Gasteiger partial charge in [-0.1, -0.05) is 20.3 Å². The van der Waals surface area contributed by atoms with Crippen LogP contribution in [-0.2, 0) is 0 Å². The fourth-order valence-electron chi connectivity index (χ4n) is 2.24. The summed E-state index contributed by atoms with van der Waals surface area (Å²) >= 11 is 0. The van der Waals surface area contributed by atoms with Crippen molar-refractivity contribution in [2.24, 2.45) is 5.41 Å². The molecule has 0 bridgehead atoms. The highest BCUT2D eigenvalue weighted by Gasteiger charge is 2.34. The predicted octanol–water partition coefficient (Wildman–Crippen LogP) is 2.34. The Morgan fingerprint density at radius 2 is 2.38 bits per heavy atom. The van der Waals surface area contributed by atoms with Crippen molar-refractivity contribution < 1.29 is 0 Å². The summed E-state index contributed by atoms with van der Waals surface area (Å²) in [4.78, 5) is 8.28. The average molecular weight is 216 g/mol. The zero-order chi connectivity index (χ0) is 11.6. The Labute approximate surface area is 95.7 Å². The van der Waals surface area contributed by atoms with Gasteiger partial charge in [-0.2, -0.15) is 5.26 Å². The smallest absolute Gasteiger partial charge is 0.224 e. The molecule has 1 N–H and O–H groups in total. The van der Waals surface area contributed by atoms with E-state index in [9.17, 15) is 0 Å². The van der Waals surface area contributed by atoms with Gasteiger partial charge in [-0.25, -0.2) is 9.97 Å². The van der Waals surface area contributed by atoms with Gasteiger partial charge >= 0.3 is 0 Å². The van der Waals surface area contributed by atoms with Crippen molar-refractivity contribution in [1.82, 2.24) is 9.97 Å². The highest BCUT2D eigenvalue weighted by molar-refractivity contribution is 5.32. The SMILES string of the molecule is CC1(C)CCCC1Nc1nccc(C#N)n1. The van der Waals surface area contributed by atoms with Gasteiger partial charge in [0.1, 0.15) is 11.8 Å². The van der Waals surface area contributed by atoms with E-state index < -0.39 is 0 Å². The first-order chi connectivity index (χ1) is 7.62. The minimum atomic E-state index is 0.284. The molecule has 1 fully saturated rings. The third kappa shape index (κ3) is 2.13. The maximum atomic E-state index is 8.76. The summed E-state index contributed by atoms with van der Waals surface area (Å²) < 4.78 is 0. The molecule has 1 unspecified atom stereocenters. The Bertz CT molecular complexity index is 419. The summed E-state index contributed by atoms with van der Waals surface area (Å²) in [5, 5.41) is 12.1. The van der Waals surface area contributed by atoms with E-state index in [0.717, 1.165) is 6.42 Å². The molecule has 0 aromatic carbocycles. The van der Waals surface area contributed by atoms with Gasteiger partial charge in [-0.3, -0.25) is 0 Å². The molecule has 1 aliphatic carbocycles. The molecule has 2 rings (SSSR count). The Morgan fingerprint density at radius 1 is 1.56 bits per heavy atom. The number of aromatic nitrogens is 2. The molecule has 0 saturated heterocycles. The molecule has 1 aromatic heterocycles. The van der Waals surface area contributed by atoms with Crippen LogP contribution in [0.25, 0.3) is 0 Å². The van der Waals surface area contributed by atoms with Crippen molar-refractivity contribution in [1.29, 1.82) is 5.26 Å². The molecule has 1 aromatic rings. The van der Waals surface area contributed by atoms with Gasteiger partial charge in [0, 0.05) is 12.2 Å². The fourth-order valence-corrected chi connectivity index (χ4v) is 2.24. The van der Waals surface area contributed by atoms with Gasteiger partial charge in [-0.05, 0) is 24.3 Å². The van der Waals surface area contributed by atoms with E-state index >= 15 is 0 Å². The van der Waals surface area contributed by atoms with Gasteiger partial charge < -0.3 is 5.32 Å². The van der Waals surface area contributed by atoms with E-state index in [-0.39, 0.29) is 5.41 Å². The topological polar surface area (TPSA) is 61.6 Å². The second-order valence-corrected chi connectivity index (χ2v) is 4.96. The molecule has 0 aliphatic heterocycles. The average Bonchev–Trinajstić information content (AvgIpc) is 2.59. The lowest BCUT2D eigenvalue weighted by Crippen LogP contribution is -2.31. The van der Waals surface area contributed by atoms with Crippen molar-refractivity contribution in [3.63, 3.8) is 0 Å². The zero-order valence-electron chi connectivity index (χ0n) is 9.70. The predicted molar refractivity (Wildman–Crippen MR) is 61.8 cm³/mol. The molecular weight excluding hydrogens is 200 g/mol. The van der Waals surface area contributed by atoms with E-state index in [0.29, 0.717) is 17.7 Å². The van der Waals surface area contributed by atoms with Crippen LogP contribution in [0.4, 0.5) is 5.95 Å². The van der Waals surface area contributed by atoms with Gasteiger partial charge in [0.15, 0.2) is 0 Å². The van der Waals surface area contributed by atoms with Crippen LogP contribution in [0.5, 0.6) is 0 Å². The number of hydrogen-bond donors (Lipinski definition) is 1. The Hall–Kier alpha value is -1.63. The quantitative estimate of drug-likeness (QED) is 0.824. The largest absolute Gasteiger partial charge is 0.351 e. The second-order valence-electron chi connectivity index (χ2n) is 4.96. The summed E-state index contributed by atoms with van der Waals surface area (Å²) in [5.41, 5.74) is 0.694. The Kier molecular flexibility index (Phi) is 2.78. The summed E-state index contributed by atoms with van der Waals surface area (Å²) in [6, 6.07) is 4.04. The van der Waals surface area contributed by atoms with Crippen LogP contribution in [0.15, 0.2) is 12.3 Å². The lowest BCUT2D eigenvalue weighted by atomic mass is 9.87. The molecule has 1 aliphatic rings. The minimum Gasteiger partial charge on any atom is -0.351 e. The lowest BCUT2D eigenvalue weighted by Gasteiger charge is -2.27. The molecule has 4 nitrogen and oxygen atoms in total. The molecule has 4 heteroatoms. The van der Waals surface area contributed by atoms with E-state index in [1.54, 1.807) is 12.3 Å². The van der Waals surface area contributed by atoms with Gasteiger partial charge in [0.2, 0.25) is 5.95 Å². The molecule has 1 heterocycles. The van der Waals surface area contributed by atoms with Gasteiger partial charge in [0.25, 0.3) is 0 Å². The molecule has 1 saturated carbocycles. The summed E-state index contributed by atoms with van der Waals surface area (Å²) in [5.74, 6) is 0.569. The van der Waals surface area contributed by atoms with Crippen LogP contribution in [0.1, 0.15) is 38.8 Å². The Morgan fingerprint density at radius 3 is 3.00 bits per heavy atom. The van der Waals surface area contributed by atoms with Crippen molar-refractivity contribution in [2.45, 2.75) is 39.2 Å². The summed E-state index contributed by atoms with van der Waals surface area (Å²) in [7, 11) is 0. The number of nitrogens with zero attached hydrogens (tertiary/aromatic N) is 3. The number of nitriles is 1. The molecular formula is C12H16N4. The molecule has 16 heavy (non-hydrogen) atoms. The maximum Gasteiger partial charge on any atom is 0.224 e. The van der Waals surface area contributed by atoms with E-state index in [4.69, 9.17) is 5.26 Å². The van der Waals surface area contributed by atoms with Crippen LogP contribution in [0.2, 0.25) is 0 Å². The first-order valence-corrected chi connectivity index (χ1v) is 5.61. The van der Waals surface area contributed by atoms with Crippen molar-refractivity contribution in [3.8, 4) is 6.07 Å². The number of rotatable bonds is 2. The molecule has 0 amide bonds. The highest BCUT2D eigenvalue weighted by Crippen LogP contribution is 2.38. The van der Waals surface area contributed by atoms with Crippen LogP contribution < -0.4 is 5.32 Å². The summed E-state index contributed by atoms with van der Waals surface area (Å²) in [6.45, 7) is 4.51. The molecule has 0 radical (unpaired) electrons. The third-order valence-corrected chi connectivity index (χ3v) is 3.33. The first kappa shape index (κ1) is 10.9. The monoisotopic (exact) mass is 216 g/mol. The van der Waals surface area contributed by atoms with E-state index in [2.05, 4.69) is 29.1 Å². The maximum absolute atomic E-state index is 8.76. The lowest BCUT2D eigenvalue weighted by molar-refractivity contribution is 0.349. The van der Waals surface area contributed by atoms with Gasteiger partial charge in [-0.15, -0.1) is 0 Å². The normalized spacial score (nSPS) is 22.7. The van der Waals surface area contributed by atoms with Crippen molar-refractivity contribution in [3.05, 3.63) is 18.0 Å². The van der Waals surface area contributed by atoms with Crippen LogP contribution in [0.3, 0.4) is 0 Å². The molecule has 0 spiro atoms. The zero-order valence-corrected chi connectivity index (χ0v) is 9.70. The number of hydrogen-bond acceptors (Lipinski definition) is 4. The van der Waals surface area contributed by atoms with Crippen LogP contribution in [-0.4, -0.2) is 16.0 Å². The number of nitrogens with one attached hydrogen (secondary N) is 1. The highest BCUT2D eigenvalue weighted by atomic mass is 15.1. The van der Waals surface area contributed by atoms with E-state index in [1.807, 2.05) is 6.07 Å². The number of anilines is 1. The second kappa shape index (κ2) is 4.09. The van der Waals surface area contributed by atoms with Crippen molar-refractivity contribution in [2.75, 3.05) is 5.32 Å². The minimum absolute atomic E-state index is 0.284. The summed E-state index contributed by atoms with van der Waals surface area (Å²) in [6.07, 6.45) is 5.23. The van der Waals surface area contributed by atoms with Crippen molar-refractivity contribution >= 4 is 5.95 Å². The van der Waals surface area contributed by atoms with E-state index in [1.165, 1.54) is 12.8 Å². The molecule has 84 valence electrons. The fraction of sp³-hybridized carbons (Fsp3) is 0.583. The molecule has 1 atom stereocenters. The van der Waals surface area contributed by atoms with Crippen LogP contribution >= 0.6 is 0 Å². The standard InChI is InChI=1S/C12H16N4/c1-12(2)6-3-4-10(12)16-11-14-7-5-9(8-13)15-11/h5,7,10H,3-4,6H2,1-2H3,(H,14,15,16). The van der Waals surface area contributed by atoms with Crippen LogP contribution in [0, 0.1) is 16.7 Å².